The number of imidazole rings is 1. The van der Waals surface area contributed by atoms with Crippen LogP contribution in [0.3, 0.4) is 0 Å². The molecule has 2 aliphatic heterocycles. The van der Waals surface area contributed by atoms with Gasteiger partial charge in [0.25, 0.3) is 5.91 Å². The number of likely N-dealkylation sites (tertiary alicyclic amines) is 2. The molecule has 1 aromatic carbocycles. The van der Waals surface area contributed by atoms with Gasteiger partial charge in [0.05, 0.1) is 11.0 Å². The molecule has 0 spiro atoms. The Morgan fingerprint density at radius 3 is 2.24 bits per heavy atom. The predicted octanol–water partition coefficient (Wildman–Crippen LogP) is 5.87. The van der Waals surface area contributed by atoms with E-state index < -0.39 is 0 Å². The van der Waals surface area contributed by atoms with Crippen molar-refractivity contribution in [1.82, 2.24) is 24.3 Å². The highest BCUT2D eigenvalue weighted by Gasteiger charge is 2.25. The molecular formula is C31H51N5O. The van der Waals surface area contributed by atoms with E-state index >= 15 is 0 Å². The largest absolute Gasteiger partial charge is 0.339 e. The van der Waals surface area contributed by atoms with E-state index in [1.165, 1.54) is 31.8 Å². The van der Waals surface area contributed by atoms with Crippen LogP contribution in [0.2, 0.25) is 0 Å². The summed E-state index contributed by atoms with van der Waals surface area (Å²) in [6.45, 7) is 17.5. The van der Waals surface area contributed by atoms with Gasteiger partial charge in [-0.3, -0.25) is 4.79 Å². The highest BCUT2D eigenvalue weighted by Crippen LogP contribution is 2.31. The normalized spacial score (nSPS) is 18.0. The molecule has 2 saturated heterocycles. The fraction of sp³-hybridized carbons (Fsp3) is 0.742. The van der Waals surface area contributed by atoms with Crippen LogP contribution in [0.5, 0.6) is 0 Å². The van der Waals surface area contributed by atoms with Gasteiger partial charge >= 0.3 is 0 Å². The minimum atomic E-state index is 0.175. The zero-order valence-corrected chi connectivity index (χ0v) is 24.2. The quantitative estimate of drug-likeness (QED) is 0.359. The van der Waals surface area contributed by atoms with E-state index in [1.54, 1.807) is 0 Å². The third-order valence-electron chi connectivity index (χ3n) is 8.40. The van der Waals surface area contributed by atoms with Gasteiger partial charge in [0.1, 0.15) is 5.82 Å². The maximum Gasteiger partial charge on any atom is 0.253 e. The standard InChI is InChI=1S/C31H51N5O/c1-24(2)11-21-35(22-12-25(3)4)31(37)27-9-10-28-29(23-27)36(18-8-17-34-15-6-7-16-34)30(32-28)26-13-19-33(5)20-14-26/h9-10,23-26H,6-8,11-22H2,1-5H3. The minimum absolute atomic E-state index is 0.175. The zero-order valence-electron chi connectivity index (χ0n) is 24.2. The van der Waals surface area contributed by atoms with Crippen molar-refractivity contribution in [2.75, 3.05) is 52.9 Å². The van der Waals surface area contributed by atoms with E-state index in [0.29, 0.717) is 17.8 Å². The van der Waals surface area contributed by atoms with E-state index in [0.717, 1.165) is 88.0 Å². The molecule has 4 rings (SSSR count). The lowest BCUT2D eigenvalue weighted by molar-refractivity contribution is 0.0741. The first-order valence-electron chi connectivity index (χ1n) is 15.0. The number of hydrogen-bond donors (Lipinski definition) is 0. The van der Waals surface area contributed by atoms with Crippen molar-refractivity contribution >= 4 is 16.9 Å². The summed E-state index contributed by atoms with van der Waals surface area (Å²) in [5, 5.41) is 0. The molecule has 37 heavy (non-hydrogen) atoms. The smallest absolute Gasteiger partial charge is 0.253 e. The first kappa shape index (κ1) is 28.1. The highest BCUT2D eigenvalue weighted by molar-refractivity contribution is 5.97. The maximum absolute atomic E-state index is 13.7. The van der Waals surface area contributed by atoms with Crippen molar-refractivity contribution in [2.24, 2.45) is 11.8 Å². The van der Waals surface area contributed by atoms with Gasteiger partial charge in [0, 0.05) is 31.1 Å². The number of rotatable bonds is 12. The Morgan fingerprint density at radius 1 is 0.973 bits per heavy atom. The number of benzene rings is 1. The van der Waals surface area contributed by atoms with Crippen LogP contribution in [0, 0.1) is 11.8 Å². The molecule has 0 aliphatic carbocycles. The lowest BCUT2D eigenvalue weighted by atomic mass is 9.96. The van der Waals surface area contributed by atoms with Gasteiger partial charge in [-0.15, -0.1) is 0 Å². The van der Waals surface area contributed by atoms with Crippen molar-refractivity contribution in [2.45, 2.75) is 85.1 Å². The van der Waals surface area contributed by atoms with E-state index in [-0.39, 0.29) is 5.91 Å². The number of carbonyl (C=O) groups excluding carboxylic acids is 1. The van der Waals surface area contributed by atoms with E-state index in [9.17, 15) is 4.79 Å². The molecule has 6 heteroatoms. The molecule has 3 heterocycles. The third kappa shape index (κ3) is 7.57. The summed E-state index contributed by atoms with van der Waals surface area (Å²) in [7, 11) is 2.22. The summed E-state index contributed by atoms with van der Waals surface area (Å²) >= 11 is 0. The molecule has 6 nitrogen and oxygen atoms in total. The summed E-state index contributed by atoms with van der Waals surface area (Å²) in [5.74, 6) is 3.10. The highest BCUT2D eigenvalue weighted by atomic mass is 16.2. The van der Waals surface area contributed by atoms with E-state index in [4.69, 9.17) is 4.98 Å². The Morgan fingerprint density at radius 2 is 1.62 bits per heavy atom. The van der Waals surface area contributed by atoms with Crippen LogP contribution >= 0.6 is 0 Å². The van der Waals surface area contributed by atoms with Crippen LogP contribution in [-0.4, -0.2) is 83.0 Å². The Balaban J connectivity index is 1.60. The first-order chi connectivity index (χ1) is 17.8. The zero-order chi connectivity index (χ0) is 26.4. The molecular weight excluding hydrogens is 458 g/mol. The fourth-order valence-corrected chi connectivity index (χ4v) is 5.87. The molecule has 2 aromatic rings. The fourth-order valence-electron chi connectivity index (χ4n) is 5.87. The monoisotopic (exact) mass is 509 g/mol. The number of nitrogens with zero attached hydrogens (tertiary/aromatic N) is 5. The van der Waals surface area contributed by atoms with Crippen LogP contribution < -0.4 is 0 Å². The Bertz CT molecular complexity index is 986. The second-order valence-corrected chi connectivity index (χ2v) is 12.5. The number of aryl methyl sites for hydroxylation is 1. The van der Waals surface area contributed by atoms with Gasteiger partial charge in [-0.1, -0.05) is 27.7 Å². The first-order valence-corrected chi connectivity index (χ1v) is 15.0. The van der Waals surface area contributed by atoms with E-state index in [1.807, 2.05) is 6.07 Å². The van der Waals surface area contributed by atoms with Crippen molar-refractivity contribution in [1.29, 1.82) is 0 Å². The van der Waals surface area contributed by atoms with Gasteiger partial charge in [-0.2, -0.15) is 0 Å². The van der Waals surface area contributed by atoms with Crippen molar-refractivity contribution < 1.29 is 4.79 Å². The van der Waals surface area contributed by atoms with Crippen molar-refractivity contribution in [3.8, 4) is 0 Å². The second kappa shape index (κ2) is 13.2. The molecule has 1 amide bonds. The molecule has 2 fully saturated rings. The lowest BCUT2D eigenvalue weighted by Crippen LogP contribution is -2.34. The predicted molar refractivity (Wildman–Crippen MR) is 154 cm³/mol. The van der Waals surface area contributed by atoms with E-state index in [2.05, 4.69) is 66.1 Å². The molecule has 0 saturated carbocycles. The lowest BCUT2D eigenvalue weighted by Gasteiger charge is -2.29. The summed E-state index contributed by atoms with van der Waals surface area (Å²) < 4.78 is 2.48. The number of amides is 1. The summed E-state index contributed by atoms with van der Waals surface area (Å²) in [4.78, 5) is 26.0. The number of piperidine rings is 1. The number of fused-ring (bicyclic) bond motifs is 1. The van der Waals surface area contributed by atoms with Crippen molar-refractivity contribution in [3.05, 3.63) is 29.6 Å². The van der Waals surface area contributed by atoms with Gasteiger partial charge in [0.15, 0.2) is 0 Å². The van der Waals surface area contributed by atoms with Crippen LogP contribution in [0.4, 0.5) is 0 Å². The van der Waals surface area contributed by atoms with Gasteiger partial charge < -0.3 is 19.3 Å². The molecule has 0 radical (unpaired) electrons. The molecule has 0 bridgehead atoms. The molecule has 0 atom stereocenters. The van der Waals surface area contributed by atoms with Gasteiger partial charge in [-0.05, 0) is 115 Å². The summed E-state index contributed by atoms with van der Waals surface area (Å²) in [6, 6.07) is 6.26. The summed E-state index contributed by atoms with van der Waals surface area (Å²) in [6.07, 6.45) is 8.22. The van der Waals surface area contributed by atoms with Crippen LogP contribution in [0.15, 0.2) is 18.2 Å². The summed E-state index contributed by atoms with van der Waals surface area (Å²) in [5.41, 5.74) is 3.01. The third-order valence-corrected chi connectivity index (χ3v) is 8.40. The van der Waals surface area contributed by atoms with Gasteiger partial charge in [-0.25, -0.2) is 4.98 Å². The number of aromatic nitrogens is 2. The van der Waals surface area contributed by atoms with Crippen LogP contribution in [0.25, 0.3) is 11.0 Å². The molecule has 2 aliphatic rings. The maximum atomic E-state index is 13.7. The minimum Gasteiger partial charge on any atom is -0.339 e. The van der Waals surface area contributed by atoms with Crippen LogP contribution in [0.1, 0.15) is 94.7 Å². The topological polar surface area (TPSA) is 44.6 Å². The number of carbonyl (C=O) groups is 1. The Hall–Kier alpha value is -1.92. The molecule has 0 unspecified atom stereocenters. The average molecular weight is 510 g/mol. The molecule has 1 aromatic heterocycles. The Kier molecular flexibility index (Phi) is 10.1. The van der Waals surface area contributed by atoms with Gasteiger partial charge in [0.2, 0.25) is 0 Å². The van der Waals surface area contributed by atoms with Crippen LogP contribution in [-0.2, 0) is 6.54 Å². The molecule has 0 N–H and O–H groups in total. The van der Waals surface area contributed by atoms with Crippen molar-refractivity contribution in [3.63, 3.8) is 0 Å². The molecule has 206 valence electrons. The second-order valence-electron chi connectivity index (χ2n) is 12.5. The average Bonchev–Trinajstić information content (AvgIpc) is 3.52. The Labute approximate surface area is 225 Å². The SMILES string of the molecule is CC(C)CCN(CCC(C)C)C(=O)c1ccc2nc(C3CCN(C)CC3)n(CCCN3CCCC3)c2c1. The number of hydrogen-bond acceptors (Lipinski definition) is 4.